The third kappa shape index (κ3) is 4.37. The molecule has 0 bridgehead atoms. The van der Waals surface area contributed by atoms with Crippen molar-refractivity contribution in [3.63, 3.8) is 0 Å². The third-order valence-electron chi connectivity index (χ3n) is 3.29. The molecule has 2 rings (SSSR count). The van der Waals surface area contributed by atoms with Gasteiger partial charge < -0.3 is 10.2 Å². The van der Waals surface area contributed by atoms with Gasteiger partial charge in [0.05, 0.1) is 0 Å². The Labute approximate surface area is 127 Å². The molecule has 0 atom stereocenters. The van der Waals surface area contributed by atoms with E-state index in [0.29, 0.717) is 0 Å². The van der Waals surface area contributed by atoms with Crippen LogP contribution < -0.4 is 9.13 Å². The Kier molecular flexibility index (Phi) is 5.19. The molecule has 22 heavy (non-hydrogen) atoms. The van der Waals surface area contributed by atoms with Gasteiger partial charge in [0.25, 0.3) is 0 Å². The van der Waals surface area contributed by atoms with Crippen molar-refractivity contribution < 1.29 is 28.9 Å². The lowest BCUT2D eigenvalue weighted by Gasteiger charge is -1.99. The highest BCUT2D eigenvalue weighted by atomic mass is 16.4. The molecule has 6 nitrogen and oxygen atoms in total. The number of rotatable bonds is 7. The Morgan fingerprint density at radius 1 is 0.818 bits per heavy atom. The predicted molar refractivity (Wildman–Crippen MR) is 76.4 cm³/mol. The van der Waals surface area contributed by atoms with Gasteiger partial charge >= 0.3 is 11.9 Å². The van der Waals surface area contributed by atoms with Crippen molar-refractivity contribution in [2.45, 2.75) is 25.9 Å². The molecule has 0 unspecified atom stereocenters. The fourth-order valence-corrected chi connectivity index (χ4v) is 2.16. The fraction of sp³-hybridized carbons (Fsp3) is 0.250. The van der Waals surface area contributed by atoms with Gasteiger partial charge in [0.1, 0.15) is 24.2 Å². The fourth-order valence-electron chi connectivity index (χ4n) is 2.16. The molecule has 0 spiro atoms. The number of hydrogen-bond acceptors (Lipinski definition) is 2. The number of carboxylic acids is 2. The van der Waals surface area contributed by atoms with Gasteiger partial charge in [0.2, 0.25) is 0 Å². The first kappa shape index (κ1) is 15.6. The van der Waals surface area contributed by atoms with E-state index in [2.05, 4.69) is 0 Å². The lowest BCUT2D eigenvalue weighted by atomic mass is 10.2. The summed E-state index contributed by atoms with van der Waals surface area (Å²) in [6.45, 7) is 1.45. The normalized spacial score (nSPS) is 10.4. The van der Waals surface area contributed by atoms with E-state index >= 15 is 0 Å². The molecule has 2 N–H and O–H groups in total. The molecule has 0 aliphatic heterocycles. The van der Waals surface area contributed by atoms with E-state index in [9.17, 15) is 9.59 Å². The van der Waals surface area contributed by atoms with Crippen LogP contribution >= 0.6 is 0 Å². The molecular weight excluding hydrogens is 284 g/mol. The van der Waals surface area contributed by atoms with Crippen molar-refractivity contribution in [3.05, 3.63) is 60.2 Å². The molecule has 0 saturated carbocycles. The van der Waals surface area contributed by atoms with Crippen molar-refractivity contribution in [1.29, 1.82) is 0 Å². The number of nitrogens with zero attached hydrogens (tertiary/aromatic N) is 2. The minimum atomic E-state index is -0.935. The van der Waals surface area contributed by atoms with Crippen LogP contribution in [0.25, 0.3) is 0 Å². The quantitative estimate of drug-likeness (QED) is 0.593. The second kappa shape index (κ2) is 7.31. The van der Waals surface area contributed by atoms with Crippen LogP contribution in [-0.2, 0) is 13.1 Å². The zero-order chi connectivity index (χ0) is 15.9. The monoisotopic (exact) mass is 302 g/mol. The summed E-state index contributed by atoms with van der Waals surface area (Å²) in [7, 11) is 0. The molecule has 0 aliphatic rings. The number of carboxylic acid groups (broad SMARTS) is 2. The van der Waals surface area contributed by atoms with Gasteiger partial charge in [0, 0.05) is 25.0 Å². The van der Waals surface area contributed by atoms with Gasteiger partial charge in [-0.25, -0.2) is 18.7 Å². The topological polar surface area (TPSA) is 82.4 Å². The van der Waals surface area contributed by atoms with E-state index in [0.717, 1.165) is 25.9 Å². The molecule has 2 heterocycles. The van der Waals surface area contributed by atoms with Gasteiger partial charge in [-0.2, -0.15) is 0 Å². The Morgan fingerprint density at radius 3 is 1.59 bits per heavy atom. The molecule has 2 aromatic heterocycles. The second-order valence-corrected chi connectivity index (χ2v) is 4.98. The average molecular weight is 302 g/mol. The lowest BCUT2D eigenvalue weighted by molar-refractivity contribution is -0.708. The number of pyridine rings is 2. The predicted octanol–water partition coefficient (Wildman–Crippen LogP) is 1.14. The smallest absolute Gasteiger partial charge is 0.341 e. The number of aromatic carboxylic acids is 2. The SMILES string of the molecule is O=C(O)c1ccc[n+](CCCC[n+]2cccc(C(=O)O)c2)c1. The summed E-state index contributed by atoms with van der Waals surface area (Å²) in [4.78, 5) is 21.8. The molecular formula is C16H18N2O4+2. The van der Waals surface area contributed by atoms with E-state index in [1.54, 1.807) is 36.7 Å². The van der Waals surface area contributed by atoms with Gasteiger partial charge in [-0.15, -0.1) is 0 Å². The highest BCUT2D eigenvalue weighted by molar-refractivity contribution is 5.87. The van der Waals surface area contributed by atoms with E-state index < -0.39 is 11.9 Å². The maximum atomic E-state index is 10.9. The summed E-state index contributed by atoms with van der Waals surface area (Å²) in [6, 6.07) is 6.56. The zero-order valence-electron chi connectivity index (χ0n) is 12.1. The van der Waals surface area contributed by atoms with Crippen molar-refractivity contribution >= 4 is 11.9 Å². The van der Waals surface area contributed by atoms with Crippen LogP contribution in [0, 0.1) is 0 Å². The van der Waals surface area contributed by atoms with Gasteiger partial charge in [0.15, 0.2) is 24.8 Å². The van der Waals surface area contributed by atoms with E-state index in [-0.39, 0.29) is 11.1 Å². The van der Waals surface area contributed by atoms with Crippen molar-refractivity contribution in [2.75, 3.05) is 0 Å². The maximum absolute atomic E-state index is 10.9. The summed E-state index contributed by atoms with van der Waals surface area (Å²) >= 11 is 0. The van der Waals surface area contributed by atoms with Crippen LogP contribution in [0.2, 0.25) is 0 Å². The largest absolute Gasteiger partial charge is 0.477 e. The minimum Gasteiger partial charge on any atom is -0.477 e. The molecule has 0 fully saturated rings. The molecule has 0 aliphatic carbocycles. The van der Waals surface area contributed by atoms with Gasteiger partial charge in [-0.1, -0.05) is 0 Å². The second-order valence-electron chi connectivity index (χ2n) is 4.98. The summed E-state index contributed by atoms with van der Waals surface area (Å²) < 4.78 is 3.70. The summed E-state index contributed by atoms with van der Waals surface area (Å²) in [5, 5.41) is 17.9. The maximum Gasteiger partial charge on any atom is 0.341 e. The number of aromatic nitrogens is 2. The van der Waals surface area contributed by atoms with Crippen LogP contribution in [0.3, 0.4) is 0 Å². The minimum absolute atomic E-state index is 0.269. The highest BCUT2D eigenvalue weighted by Gasteiger charge is 2.10. The molecule has 114 valence electrons. The molecule has 0 aromatic carbocycles. The van der Waals surface area contributed by atoms with Crippen molar-refractivity contribution in [3.8, 4) is 0 Å². The van der Waals surface area contributed by atoms with Gasteiger partial charge in [-0.3, -0.25) is 0 Å². The molecule has 6 heteroatoms. The Morgan fingerprint density at radius 2 is 1.23 bits per heavy atom. The Hall–Kier alpha value is -2.76. The number of unbranched alkanes of at least 4 members (excludes halogenated alkanes) is 1. The van der Waals surface area contributed by atoms with Gasteiger partial charge in [-0.05, 0) is 12.1 Å². The van der Waals surface area contributed by atoms with Crippen molar-refractivity contribution in [2.24, 2.45) is 0 Å². The zero-order valence-corrected chi connectivity index (χ0v) is 12.1. The standard InChI is InChI=1S/C16H16N2O4/c19-15(20)13-5-3-9-17(11-13)7-1-2-8-18-10-4-6-14(12-18)16(21)22/h3-6,9-12H,1-2,7-8H2/p+2. The van der Waals surface area contributed by atoms with E-state index in [1.165, 1.54) is 0 Å². The average Bonchev–Trinajstić information content (AvgIpc) is 2.52. The first-order valence-corrected chi connectivity index (χ1v) is 7.01. The molecule has 0 saturated heterocycles. The number of carbonyl (C=O) groups is 2. The first-order valence-electron chi connectivity index (χ1n) is 7.01. The lowest BCUT2D eigenvalue weighted by Crippen LogP contribution is -2.36. The summed E-state index contributed by atoms with van der Waals surface area (Å²) in [6.07, 6.45) is 8.65. The Bertz CT molecular complexity index is 626. The third-order valence-corrected chi connectivity index (χ3v) is 3.29. The summed E-state index contributed by atoms with van der Waals surface area (Å²) in [5.74, 6) is -1.87. The van der Waals surface area contributed by atoms with Crippen LogP contribution in [0.5, 0.6) is 0 Å². The number of aryl methyl sites for hydroxylation is 2. The van der Waals surface area contributed by atoms with Crippen LogP contribution in [0.15, 0.2) is 49.1 Å². The molecule has 2 aromatic rings. The van der Waals surface area contributed by atoms with Crippen molar-refractivity contribution in [1.82, 2.24) is 0 Å². The molecule has 0 amide bonds. The Balaban J connectivity index is 1.84. The van der Waals surface area contributed by atoms with E-state index in [4.69, 9.17) is 10.2 Å². The number of hydrogen-bond donors (Lipinski definition) is 2. The molecule has 0 radical (unpaired) electrons. The van der Waals surface area contributed by atoms with Crippen LogP contribution in [-0.4, -0.2) is 22.2 Å². The van der Waals surface area contributed by atoms with Crippen LogP contribution in [0.1, 0.15) is 33.6 Å². The first-order chi connectivity index (χ1) is 10.6. The summed E-state index contributed by atoms with van der Waals surface area (Å²) in [5.41, 5.74) is 0.539. The van der Waals surface area contributed by atoms with E-state index in [1.807, 2.05) is 21.5 Å². The highest BCUT2D eigenvalue weighted by Crippen LogP contribution is 1.97. The van der Waals surface area contributed by atoms with Crippen LogP contribution in [0.4, 0.5) is 0 Å².